The van der Waals surface area contributed by atoms with Crippen molar-refractivity contribution < 1.29 is 19.4 Å². The Morgan fingerprint density at radius 1 is 0.968 bits per heavy atom. The van der Waals surface area contributed by atoms with Gasteiger partial charge in [-0.25, -0.2) is 4.90 Å². The van der Waals surface area contributed by atoms with Gasteiger partial charge in [-0.05, 0) is 18.2 Å². The maximum Gasteiger partial charge on any atom is 0.282 e. The Bertz CT molecular complexity index is 1030. The number of methoxy groups -OCH3 is 1. The lowest BCUT2D eigenvalue weighted by molar-refractivity contribution is -0.120. The first-order valence-corrected chi connectivity index (χ1v) is 10.5. The Morgan fingerprint density at radius 3 is 2.32 bits per heavy atom. The summed E-state index contributed by atoms with van der Waals surface area (Å²) in [5, 5.41) is 9.54. The van der Waals surface area contributed by atoms with E-state index in [4.69, 9.17) is 16.3 Å². The fourth-order valence-electron chi connectivity index (χ4n) is 4.09. The molecule has 0 unspecified atom stereocenters. The lowest BCUT2D eigenvalue weighted by atomic mass is 10.0. The predicted octanol–water partition coefficient (Wildman–Crippen LogP) is 2.24. The zero-order valence-electron chi connectivity index (χ0n) is 17.3. The molecular weight excluding hydrogens is 418 g/mol. The summed E-state index contributed by atoms with van der Waals surface area (Å²) in [6.07, 6.45) is 0. The zero-order chi connectivity index (χ0) is 22.0. The highest BCUT2D eigenvalue weighted by Crippen LogP contribution is 2.40. The number of anilines is 1. The molecule has 0 spiro atoms. The Labute approximate surface area is 186 Å². The average Bonchev–Trinajstić information content (AvgIpc) is 3.05. The topological polar surface area (TPSA) is 73.3 Å². The van der Waals surface area contributed by atoms with Crippen LogP contribution in [0.4, 0.5) is 5.69 Å². The standard InChI is InChI=1S/C23H24ClN3O4/c1-31-19-9-5-2-6-16(19)20-21(26-12-10-25(11-13-26)14-15-28)23(30)27(22(20)29)18-8-4-3-7-17(18)24/h2-9,28H,10-15H2,1H3. The summed E-state index contributed by atoms with van der Waals surface area (Å²) >= 11 is 6.34. The zero-order valence-corrected chi connectivity index (χ0v) is 18.0. The van der Waals surface area contributed by atoms with Gasteiger partial charge in [-0.1, -0.05) is 41.9 Å². The molecule has 7 nitrogen and oxygen atoms in total. The van der Waals surface area contributed by atoms with E-state index in [0.717, 1.165) is 4.90 Å². The molecule has 1 N–H and O–H groups in total. The fourth-order valence-corrected chi connectivity index (χ4v) is 4.31. The molecular formula is C23H24ClN3O4. The number of aliphatic hydroxyl groups is 1. The predicted molar refractivity (Wildman–Crippen MR) is 119 cm³/mol. The quantitative estimate of drug-likeness (QED) is 0.693. The SMILES string of the molecule is COc1ccccc1C1=C(N2CCN(CCO)CC2)C(=O)N(c2ccccc2Cl)C1=O. The molecule has 1 saturated heterocycles. The summed E-state index contributed by atoms with van der Waals surface area (Å²) in [6.45, 7) is 3.21. The van der Waals surface area contributed by atoms with Gasteiger partial charge >= 0.3 is 0 Å². The van der Waals surface area contributed by atoms with Gasteiger partial charge in [-0.15, -0.1) is 0 Å². The minimum absolute atomic E-state index is 0.0901. The third kappa shape index (κ3) is 3.92. The summed E-state index contributed by atoms with van der Waals surface area (Å²) < 4.78 is 5.49. The first-order chi connectivity index (χ1) is 15.1. The lowest BCUT2D eigenvalue weighted by Gasteiger charge is -2.36. The molecule has 2 aliphatic rings. The maximum atomic E-state index is 13.6. The number of hydrogen-bond acceptors (Lipinski definition) is 6. The van der Waals surface area contributed by atoms with E-state index in [1.165, 1.54) is 0 Å². The summed E-state index contributed by atoms with van der Waals surface area (Å²) in [4.78, 5) is 32.5. The molecule has 2 aliphatic heterocycles. The van der Waals surface area contributed by atoms with Crippen LogP contribution in [0, 0.1) is 0 Å². The summed E-state index contributed by atoms with van der Waals surface area (Å²) in [5.41, 5.74) is 1.61. The second kappa shape index (κ2) is 9.09. The van der Waals surface area contributed by atoms with Gasteiger partial charge in [-0.2, -0.15) is 0 Å². The van der Waals surface area contributed by atoms with Crippen LogP contribution in [0.25, 0.3) is 5.57 Å². The van der Waals surface area contributed by atoms with E-state index in [1.807, 2.05) is 17.0 Å². The number of ether oxygens (including phenoxy) is 1. The van der Waals surface area contributed by atoms with E-state index in [1.54, 1.807) is 43.5 Å². The first kappa shape index (κ1) is 21.4. The van der Waals surface area contributed by atoms with Crippen molar-refractivity contribution in [2.24, 2.45) is 0 Å². The van der Waals surface area contributed by atoms with Crippen LogP contribution >= 0.6 is 11.6 Å². The minimum atomic E-state index is -0.421. The van der Waals surface area contributed by atoms with Crippen LogP contribution < -0.4 is 9.64 Å². The van der Waals surface area contributed by atoms with Gasteiger partial charge in [0.05, 0.1) is 30.0 Å². The van der Waals surface area contributed by atoms with E-state index in [2.05, 4.69) is 4.90 Å². The third-order valence-electron chi connectivity index (χ3n) is 5.63. The number of carbonyl (C=O) groups is 2. The molecule has 2 amide bonds. The largest absolute Gasteiger partial charge is 0.496 e. The maximum absolute atomic E-state index is 13.6. The molecule has 2 aromatic rings. The number of amides is 2. The van der Waals surface area contributed by atoms with E-state index in [0.29, 0.717) is 66.0 Å². The minimum Gasteiger partial charge on any atom is -0.496 e. The summed E-state index contributed by atoms with van der Waals surface area (Å²) in [6, 6.07) is 14.0. The average molecular weight is 442 g/mol. The first-order valence-electron chi connectivity index (χ1n) is 10.2. The Kier molecular flexibility index (Phi) is 6.27. The number of rotatable bonds is 6. The molecule has 2 aromatic carbocycles. The Balaban J connectivity index is 1.80. The van der Waals surface area contributed by atoms with Gasteiger partial charge < -0.3 is 14.7 Å². The van der Waals surface area contributed by atoms with Crippen molar-refractivity contribution >= 4 is 34.7 Å². The van der Waals surface area contributed by atoms with Crippen LogP contribution in [0.15, 0.2) is 54.2 Å². The van der Waals surface area contributed by atoms with Crippen molar-refractivity contribution in [2.75, 3.05) is 51.3 Å². The number of benzene rings is 2. The number of nitrogens with zero attached hydrogens (tertiary/aromatic N) is 3. The molecule has 0 aliphatic carbocycles. The van der Waals surface area contributed by atoms with Crippen molar-refractivity contribution in [1.29, 1.82) is 0 Å². The molecule has 0 aromatic heterocycles. The number of imide groups is 1. The van der Waals surface area contributed by atoms with Crippen LogP contribution in [0.3, 0.4) is 0 Å². The summed E-state index contributed by atoms with van der Waals surface area (Å²) in [5.74, 6) is -0.291. The van der Waals surface area contributed by atoms with Crippen molar-refractivity contribution in [3.8, 4) is 5.75 Å². The van der Waals surface area contributed by atoms with Crippen molar-refractivity contribution in [1.82, 2.24) is 9.80 Å². The molecule has 0 atom stereocenters. The normalized spacial score (nSPS) is 17.6. The van der Waals surface area contributed by atoms with Gasteiger partial charge in [0.2, 0.25) is 0 Å². The van der Waals surface area contributed by atoms with E-state index < -0.39 is 11.8 Å². The van der Waals surface area contributed by atoms with Crippen LogP contribution in [-0.4, -0.2) is 73.2 Å². The number of hydrogen-bond donors (Lipinski definition) is 1. The van der Waals surface area contributed by atoms with Gasteiger partial charge in [0.25, 0.3) is 11.8 Å². The van der Waals surface area contributed by atoms with Crippen molar-refractivity contribution in [3.05, 3.63) is 64.8 Å². The van der Waals surface area contributed by atoms with Crippen molar-refractivity contribution in [2.45, 2.75) is 0 Å². The number of halogens is 1. The number of para-hydroxylation sites is 2. The number of carbonyl (C=O) groups excluding carboxylic acids is 2. The van der Waals surface area contributed by atoms with Gasteiger partial charge in [0.15, 0.2) is 0 Å². The molecule has 0 radical (unpaired) electrons. The monoisotopic (exact) mass is 441 g/mol. The highest BCUT2D eigenvalue weighted by molar-refractivity contribution is 6.47. The van der Waals surface area contributed by atoms with Crippen LogP contribution in [0.5, 0.6) is 5.75 Å². The van der Waals surface area contributed by atoms with E-state index >= 15 is 0 Å². The molecule has 0 saturated carbocycles. The number of aliphatic hydroxyl groups excluding tert-OH is 1. The molecule has 4 rings (SSSR count). The number of β-amino-alcohol motifs (C(OH)–C–C–N with tert-alkyl or cyclic N) is 1. The summed E-state index contributed by atoms with van der Waals surface area (Å²) in [7, 11) is 1.54. The Morgan fingerprint density at radius 2 is 1.65 bits per heavy atom. The van der Waals surface area contributed by atoms with E-state index in [-0.39, 0.29) is 6.61 Å². The van der Waals surface area contributed by atoms with Gasteiger partial charge in [0.1, 0.15) is 11.4 Å². The molecule has 1 fully saturated rings. The van der Waals surface area contributed by atoms with Crippen LogP contribution in [0.1, 0.15) is 5.56 Å². The highest BCUT2D eigenvalue weighted by Gasteiger charge is 2.44. The Hall–Kier alpha value is -2.87. The van der Waals surface area contributed by atoms with Crippen LogP contribution in [0.2, 0.25) is 5.02 Å². The van der Waals surface area contributed by atoms with Crippen LogP contribution in [-0.2, 0) is 9.59 Å². The lowest BCUT2D eigenvalue weighted by Crippen LogP contribution is -2.48. The number of piperazine rings is 1. The second-order valence-electron chi connectivity index (χ2n) is 7.37. The highest BCUT2D eigenvalue weighted by atomic mass is 35.5. The van der Waals surface area contributed by atoms with Crippen molar-refractivity contribution in [3.63, 3.8) is 0 Å². The molecule has 2 heterocycles. The van der Waals surface area contributed by atoms with Gasteiger partial charge in [0, 0.05) is 38.3 Å². The molecule has 162 valence electrons. The smallest absolute Gasteiger partial charge is 0.282 e. The molecule has 0 bridgehead atoms. The molecule has 31 heavy (non-hydrogen) atoms. The fraction of sp³-hybridized carbons (Fsp3) is 0.304. The second-order valence-corrected chi connectivity index (χ2v) is 7.78. The molecule has 8 heteroatoms. The van der Waals surface area contributed by atoms with E-state index in [9.17, 15) is 14.7 Å². The van der Waals surface area contributed by atoms with Gasteiger partial charge in [-0.3, -0.25) is 14.5 Å². The third-order valence-corrected chi connectivity index (χ3v) is 5.95.